The van der Waals surface area contributed by atoms with Crippen LogP contribution in [-0.2, 0) is 0 Å². The van der Waals surface area contributed by atoms with Crippen molar-refractivity contribution in [2.24, 2.45) is 0 Å². The largest absolute Gasteiger partial charge is 0.497 e. The Hall–Kier alpha value is -3.35. The summed E-state index contributed by atoms with van der Waals surface area (Å²) in [6.07, 6.45) is 1.65. The molecule has 0 fully saturated rings. The second-order valence-electron chi connectivity index (χ2n) is 5.70. The zero-order chi connectivity index (χ0) is 19.6. The molecule has 1 N–H and O–H groups in total. The first-order valence-corrected chi connectivity index (χ1v) is 8.15. The van der Waals surface area contributed by atoms with Gasteiger partial charge < -0.3 is 28.7 Å². The lowest BCUT2D eigenvalue weighted by molar-refractivity contribution is 0.103. The van der Waals surface area contributed by atoms with E-state index in [1.165, 1.54) is 21.3 Å². The molecule has 3 aromatic rings. The highest BCUT2D eigenvalue weighted by Gasteiger charge is 2.21. The average molecular weight is 371 g/mol. The van der Waals surface area contributed by atoms with Gasteiger partial charge in [0.25, 0.3) is 0 Å². The Morgan fingerprint density at radius 3 is 1.93 bits per heavy atom. The number of ether oxygens (including phenoxy) is 5. The van der Waals surface area contributed by atoms with Crippen LogP contribution in [0.1, 0.15) is 15.9 Å². The number of fused-ring (bicyclic) bond motifs is 1. The molecule has 0 radical (unpaired) electrons. The highest BCUT2D eigenvalue weighted by molar-refractivity contribution is 6.17. The highest BCUT2D eigenvalue weighted by atomic mass is 16.5. The van der Waals surface area contributed by atoms with Crippen molar-refractivity contribution in [1.82, 2.24) is 4.98 Å². The van der Waals surface area contributed by atoms with Crippen molar-refractivity contribution in [2.75, 3.05) is 35.5 Å². The molecule has 0 amide bonds. The summed E-state index contributed by atoms with van der Waals surface area (Å²) in [7, 11) is 7.66. The maximum Gasteiger partial charge on any atom is 0.203 e. The molecule has 0 aliphatic heterocycles. The van der Waals surface area contributed by atoms with Crippen LogP contribution in [0.2, 0.25) is 0 Å². The van der Waals surface area contributed by atoms with E-state index >= 15 is 0 Å². The molecule has 3 rings (SSSR count). The van der Waals surface area contributed by atoms with E-state index in [1.807, 2.05) is 0 Å². The lowest BCUT2D eigenvalue weighted by Gasteiger charge is -2.13. The lowest BCUT2D eigenvalue weighted by Crippen LogP contribution is -2.04. The lowest BCUT2D eigenvalue weighted by atomic mass is 10.0. The van der Waals surface area contributed by atoms with Crippen LogP contribution in [0.15, 0.2) is 30.5 Å². The Bertz CT molecular complexity index is 967. The molecule has 7 nitrogen and oxygen atoms in total. The van der Waals surface area contributed by atoms with Crippen molar-refractivity contribution in [3.63, 3.8) is 0 Å². The molecule has 0 aliphatic carbocycles. The van der Waals surface area contributed by atoms with Crippen molar-refractivity contribution in [3.8, 4) is 28.7 Å². The first-order valence-electron chi connectivity index (χ1n) is 8.15. The fraction of sp³-hybridized carbons (Fsp3) is 0.250. The third kappa shape index (κ3) is 3.12. The van der Waals surface area contributed by atoms with Crippen LogP contribution in [0.5, 0.6) is 28.7 Å². The van der Waals surface area contributed by atoms with Crippen molar-refractivity contribution < 1.29 is 28.5 Å². The van der Waals surface area contributed by atoms with Crippen LogP contribution in [0.25, 0.3) is 10.9 Å². The van der Waals surface area contributed by atoms with E-state index in [0.29, 0.717) is 50.8 Å². The quantitative estimate of drug-likeness (QED) is 0.641. The molecule has 0 saturated heterocycles. The monoisotopic (exact) mass is 371 g/mol. The van der Waals surface area contributed by atoms with Gasteiger partial charge in [-0.25, -0.2) is 0 Å². The van der Waals surface area contributed by atoms with Gasteiger partial charge in [0.05, 0.1) is 41.1 Å². The van der Waals surface area contributed by atoms with E-state index in [9.17, 15) is 4.79 Å². The zero-order valence-electron chi connectivity index (χ0n) is 15.8. The van der Waals surface area contributed by atoms with E-state index in [4.69, 9.17) is 23.7 Å². The molecule has 0 atom stereocenters. The highest BCUT2D eigenvalue weighted by Crippen LogP contribution is 2.39. The van der Waals surface area contributed by atoms with Crippen LogP contribution in [-0.4, -0.2) is 46.3 Å². The molecule has 1 aromatic heterocycles. The van der Waals surface area contributed by atoms with E-state index in [0.717, 1.165) is 0 Å². The van der Waals surface area contributed by atoms with Crippen LogP contribution < -0.4 is 23.7 Å². The van der Waals surface area contributed by atoms with E-state index in [2.05, 4.69) is 4.98 Å². The number of nitrogens with one attached hydrogen (secondary N) is 1. The molecule has 27 heavy (non-hydrogen) atoms. The molecule has 0 spiro atoms. The second kappa shape index (κ2) is 7.49. The minimum absolute atomic E-state index is 0.198. The molecule has 142 valence electrons. The molecule has 2 aromatic carbocycles. The number of hydrogen-bond acceptors (Lipinski definition) is 6. The third-order valence-corrected chi connectivity index (χ3v) is 4.35. The average Bonchev–Trinajstić information content (AvgIpc) is 3.14. The van der Waals surface area contributed by atoms with Gasteiger partial charge in [-0.1, -0.05) is 0 Å². The van der Waals surface area contributed by atoms with E-state index < -0.39 is 0 Å². The number of benzene rings is 2. The summed E-state index contributed by atoms with van der Waals surface area (Å²) < 4.78 is 26.7. The molecular weight excluding hydrogens is 350 g/mol. The summed E-state index contributed by atoms with van der Waals surface area (Å²) in [5.74, 6) is 2.24. The van der Waals surface area contributed by atoms with Gasteiger partial charge in [0, 0.05) is 28.8 Å². The number of carbonyl (C=O) groups is 1. The first-order chi connectivity index (χ1) is 13.1. The summed E-state index contributed by atoms with van der Waals surface area (Å²) in [5, 5.41) is 0.699. The fourth-order valence-electron chi connectivity index (χ4n) is 3.01. The van der Waals surface area contributed by atoms with Crippen LogP contribution >= 0.6 is 0 Å². The smallest absolute Gasteiger partial charge is 0.203 e. The molecule has 1 heterocycles. The van der Waals surface area contributed by atoms with Gasteiger partial charge in [0.2, 0.25) is 5.75 Å². The van der Waals surface area contributed by atoms with E-state index in [1.54, 1.807) is 44.7 Å². The van der Waals surface area contributed by atoms with Gasteiger partial charge in [0.1, 0.15) is 11.5 Å². The van der Waals surface area contributed by atoms with Gasteiger partial charge in [-0.2, -0.15) is 0 Å². The maximum absolute atomic E-state index is 13.2. The number of ketones is 1. The number of rotatable bonds is 7. The van der Waals surface area contributed by atoms with Gasteiger partial charge >= 0.3 is 0 Å². The van der Waals surface area contributed by atoms with Crippen molar-refractivity contribution in [3.05, 3.63) is 41.6 Å². The van der Waals surface area contributed by atoms with Gasteiger partial charge in [-0.3, -0.25) is 4.79 Å². The molecule has 0 aliphatic rings. The summed E-state index contributed by atoms with van der Waals surface area (Å²) in [4.78, 5) is 16.3. The fourth-order valence-corrected chi connectivity index (χ4v) is 3.01. The summed E-state index contributed by atoms with van der Waals surface area (Å²) in [5.41, 5.74) is 1.61. The Balaban J connectivity index is 2.16. The number of aromatic amines is 1. The Labute approximate surface area is 156 Å². The van der Waals surface area contributed by atoms with Crippen LogP contribution in [0.4, 0.5) is 0 Å². The molecule has 0 saturated carbocycles. The predicted octanol–water partition coefficient (Wildman–Crippen LogP) is 3.44. The van der Waals surface area contributed by atoms with Crippen molar-refractivity contribution in [2.45, 2.75) is 0 Å². The summed E-state index contributed by atoms with van der Waals surface area (Å²) in [6.45, 7) is 0. The van der Waals surface area contributed by atoms with Crippen LogP contribution in [0.3, 0.4) is 0 Å². The molecular formula is C20H21NO6. The van der Waals surface area contributed by atoms with Crippen molar-refractivity contribution >= 4 is 16.7 Å². The Morgan fingerprint density at radius 2 is 1.41 bits per heavy atom. The van der Waals surface area contributed by atoms with Gasteiger partial charge in [-0.15, -0.1) is 0 Å². The maximum atomic E-state index is 13.2. The molecule has 7 heteroatoms. The number of aromatic nitrogens is 1. The number of methoxy groups -OCH3 is 5. The standard InChI is InChI=1S/C20H21NO6/c1-23-12-8-13-14(10-21-18(13)15(9-12)24-2)19(22)11-6-16(25-3)20(27-5)17(7-11)26-4/h6-10,21H,1-5H3. The minimum Gasteiger partial charge on any atom is -0.497 e. The number of carbonyl (C=O) groups excluding carboxylic acids is 1. The third-order valence-electron chi connectivity index (χ3n) is 4.35. The first kappa shape index (κ1) is 18.4. The zero-order valence-corrected chi connectivity index (χ0v) is 15.8. The van der Waals surface area contributed by atoms with Crippen molar-refractivity contribution in [1.29, 1.82) is 0 Å². The Morgan fingerprint density at radius 1 is 0.778 bits per heavy atom. The minimum atomic E-state index is -0.198. The second-order valence-corrected chi connectivity index (χ2v) is 5.70. The topological polar surface area (TPSA) is 79.0 Å². The summed E-state index contributed by atoms with van der Waals surface area (Å²) >= 11 is 0. The number of H-pyrrole nitrogens is 1. The molecule has 0 unspecified atom stereocenters. The Kier molecular flexibility index (Phi) is 5.12. The summed E-state index contributed by atoms with van der Waals surface area (Å²) in [6, 6.07) is 6.80. The van der Waals surface area contributed by atoms with Crippen LogP contribution in [0, 0.1) is 0 Å². The normalized spacial score (nSPS) is 10.6. The molecule has 0 bridgehead atoms. The SMILES string of the molecule is COc1cc(OC)c2[nH]cc(C(=O)c3cc(OC)c(OC)c(OC)c3)c2c1. The predicted molar refractivity (Wildman–Crippen MR) is 101 cm³/mol. The van der Waals surface area contributed by atoms with Gasteiger partial charge in [-0.05, 0) is 18.2 Å². The van der Waals surface area contributed by atoms with E-state index in [-0.39, 0.29) is 5.78 Å². The number of hydrogen-bond donors (Lipinski definition) is 1. The van der Waals surface area contributed by atoms with Gasteiger partial charge in [0.15, 0.2) is 17.3 Å².